The lowest BCUT2D eigenvalue weighted by atomic mass is 10.1. The molecule has 3 aromatic rings. The molecule has 10 heteroatoms. The Bertz CT molecular complexity index is 1220. The lowest BCUT2D eigenvalue weighted by molar-refractivity contribution is 0.0271. The van der Waals surface area contributed by atoms with Crippen molar-refractivity contribution in [3.8, 4) is 11.5 Å². The maximum atomic E-state index is 13.9. The number of fused-ring (bicyclic) bond motifs is 2. The number of anilines is 3. The van der Waals surface area contributed by atoms with E-state index in [1.54, 1.807) is 7.11 Å². The summed E-state index contributed by atoms with van der Waals surface area (Å²) >= 11 is 0. The Morgan fingerprint density at radius 2 is 1.75 bits per heavy atom. The van der Waals surface area contributed by atoms with Crippen molar-refractivity contribution >= 4 is 28.1 Å². The molecule has 6 rings (SSSR count). The van der Waals surface area contributed by atoms with E-state index in [9.17, 15) is 4.39 Å². The molecule has 1 N–H and O–H groups in total. The third kappa shape index (κ3) is 4.40. The van der Waals surface area contributed by atoms with E-state index in [1.165, 1.54) is 12.0 Å². The summed E-state index contributed by atoms with van der Waals surface area (Å²) in [5.74, 6) is 1.70. The summed E-state index contributed by atoms with van der Waals surface area (Å²) in [4.78, 5) is 13.6. The van der Waals surface area contributed by atoms with Gasteiger partial charge in [0.15, 0.2) is 23.8 Å². The molecule has 190 valence electrons. The Hall–Kier alpha value is -3.21. The van der Waals surface area contributed by atoms with Crippen LogP contribution in [0.5, 0.6) is 11.5 Å². The number of methoxy groups -OCH3 is 1. The molecule has 4 atom stereocenters. The lowest BCUT2D eigenvalue weighted by Crippen LogP contribution is -2.44. The average Bonchev–Trinajstić information content (AvgIpc) is 3.47. The van der Waals surface area contributed by atoms with Crippen LogP contribution in [0.1, 0.15) is 0 Å². The van der Waals surface area contributed by atoms with Crippen LogP contribution in [0.25, 0.3) is 10.9 Å². The highest BCUT2D eigenvalue weighted by atomic mass is 19.1. The Balaban J connectivity index is 1.21. The van der Waals surface area contributed by atoms with Crippen LogP contribution in [0, 0.1) is 0 Å². The molecule has 3 fully saturated rings. The minimum Gasteiger partial charge on any atom is -0.493 e. The predicted molar refractivity (Wildman–Crippen MR) is 134 cm³/mol. The monoisotopic (exact) mass is 495 g/mol. The zero-order valence-corrected chi connectivity index (χ0v) is 20.4. The molecule has 0 aliphatic carbocycles. The summed E-state index contributed by atoms with van der Waals surface area (Å²) in [5.41, 5.74) is 2.84. The first-order valence-electron chi connectivity index (χ1n) is 12.3. The Morgan fingerprint density at radius 1 is 0.972 bits per heavy atom. The molecule has 3 aliphatic rings. The lowest BCUT2D eigenvalue weighted by Gasteiger charge is -2.34. The highest BCUT2D eigenvalue weighted by Gasteiger charge is 2.49. The van der Waals surface area contributed by atoms with Gasteiger partial charge in [0.2, 0.25) is 0 Å². The van der Waals surface area contributed by atoms with Crippen molar-refractivity contribution in [1.82, 2.24) is 14.9 Å². The maximum absolute atomic E-state index is 13.9. The van der Waals surface area contributed by atoms with E-state index in [0.717, 1.165) is 37.3 Å². The van der Waals surface area contributed by atoms with E-state index in [4.69, 9.17) is 18.9 Å². The van der Waals surface area contributed by atoms with Gasteiger partial charge in [0.1, 0.15) is 24.4 Å². The van der Waals surface area contributed by atoms with E-state index in [-0.39, 0.29) is 13.2 Å². The molecule has 2 aromatic carbocycles. The van der Waals surface area contributed by atoms with Gasteiger partial charge < -0.3 is 34.1 Å². The van der Waals surface area contributed by atoms with E-state index < -0.39 is 24.5 Å². The van der Waals surface area contributed by atoms with Crippen molar-refractivity contribution < 1.29 is 23.3 Å². The molecule has 0 amide bonds. The van der Waals surface area contributed by atoms with E-state index in [0.29, 0.717) is 22.8 Å². The van der Waals surface area contributed by atoms with Crippen molar-refractivity contribution in [3.05, 3.63) is 42.7 Å². The largest absolute Gasteiger partial charge is 0.493 e. The third-order valence-electron chi connectivity index (χ3n) is 7.15. The number of benzene rings is 2. The second kappa shape index (κ2) is 9.68. The number of likely N-dealkylation sites (N-methyl/N-ethyl adjacent to an activating group) is 1. The van der Waals surface area contributed by atoms with Gasteiger partial charge in [-0.05, 0) is 37.4 Å². The van der Waals surface area contributed by atoms with Crippen molar-refractivity contribution in [2.24, 2.45) is 0 Å². The Morgan fingerprint density at radius 3 is 2.53 bits per heavy atom. The average molecular weight is 496 g/mol. The summed E-state index contributed by atoms with van der Waals surface area (Å²) < 4.78 is 36.9. The third-order valence-corrected chi connectivity index (χ3v) is 7.15. The van der Waals surface area contributed by atoms with Gasteiger partial charge in [-0.2, -0.15) is 0 Å². The fourth-order valence-electron chi connectivity index (χ4n) is 5.05. The zero-order valence-electron chi connectivity index (χ0n) is 20.4. The van der Waals surface area contributed by atoms with Gasteiger partial charge in [0, 0.05) is 49.0 Å². The first-order chi connectivity index (χ1) is 17.6. The molecular formula is C26H30FN5O4. The van der Waals surface area contributed by atoms with Gasteiger partial charge in [0.25, 0.3) is 0 Å². The molecule has 0 radical (unpaired) electrons. The van der Waals surface area contributed by atoms with Crippen LogP contribution in [0.15, 0.2) is 42.7 Å². The van der Waals surface area contributed by atoms with Gasteiger partial charge >= 0.3 is 0 Å². The number of hydrogen-bond donors (Lipinski definition) is 1. The van der Waals surface area contributed by atoms with Crippen LogP contribution >= 0.6 is 0 Å². The van der Waals surface area contributed by atoms with Crippen LogP contribution < -0.4 is 19.7 Å². The number of nitrogens with zero attached hydrogens (tertiary/aromatic N) is 4. The number of nitrogens with one attached hydrogen (secondary N) is 1. The number of alkyl halides is 1. The highest BCUT2D eigenvalue weighted by Crippen LogP contribution is 2.38. The zero-order chi connectivity index (χ0) is 24.6. The van der Waals surface area contributed by atoms with Crippen LogP contribution in [0.3, 0.4) is 0 Å². The normalized spacial score (nSPS) is 26.2. The van der Waals surface area contributed by atoms with Gasteiger partial charge in [-0.25, -0.2) is 14.4 Å². The van der Waals surface area contributed by atoms with Crippen molar-refractivity contribution in [1.29, 1.82) is 0 Å². The molecule has 9 nitrogen and oxygen atoms in total. The SMILES string of the molecule is COc1cc2c(Nc3ccc(N4CCN(C)CC4)cc3)ncnc2cc1OC1CO[C@H]2[C@H](F)CO[C@@H]12. The topological polar surface area (TPSA) is 81.2 Å². The summed E-state index contributed by atoms with van der Waals surface area (Å²) in [6.45, 7) is 4.48. The summed E-state index contributed by atoms with van der Waals surface area (Å²) in [6, 6.07) is 12.1. The summed E-state index contributed by atoms with van der Waals surface area (Å²) in [6.07, 6.45) is -1.04. The van der Waals surface area contributed by atoms with Crippen LogP contribution in [-0.4, -0.2) is 92.9 Å². The smallest absolute Gasteiger partial charge is 0.164 e. The van der Waals surface area contributed by atoms with E-state index in [1.807, 2.05) is 12.1 Å². The first kappa shape index (κ1) is 23.2. The maximum Gasteiger partial charge on any atom is 0.164 e. The number of aromatic nitrogens is 2. The van der Waals surface area contributed by atoms with E-state index in [2.05, 4.69) is 56.4 Å². The van der Waals surface area contributed by atoms with Gasteiger partial charge in [-0.3, -0.25) is 0 Å². The highest BCUT2D eigenvalue weighted by molar-refractivity contribution is 5.93. The fourth-order valence-corrected chi connectivity index (χ4v) is 5.05. The Labute approximate surface area is 209 Å². The van der Waals surface area contributed by atoms with E-state index >= 15 is 0 Å². The number of piperazine rings is 1. The number of rotatable bonds is 6. The predicted octanol–water partition coefficient (Wildman–Crippen LogP) is 3.02. The number of ether oxygens (including phenoxy) is 4. The van der Waals surface area contributed by atoms with Crippen LogP contribution in [0.4, 0.5) is 21.6 Å². The van der Waals surface area contributed by atoms with Crippen LogP contribution in [-0.2, 0) is 9.47 Å². The molecule has 1 unspecified atom stereocenters. The molecule has 0 spiro atoms. The standard InChI is InChI=1S/C26H30FN5O4/c1-31-7-9-32(10-8-31)17-5-3-16(4-6-17)30-26-18-11-21(33-2)22(12-20(18)28-15-29-26)36-23-14-35-24-19(27)13-34-25(23)24/h3-6,11-12,15,19,23-25H,7-10,13-14H2,1-2H3,(H,28,29,30)/t19-,23?,24+,25+/m1/s1. The second-order valence-electron chi connectivity index (χ2n) is 9.47. The first-order valence-corrected chi connectivity index (χ1v) is 12.3. The fraction of sp³-hybridized carbons (Fsp3) is 0.462. The van der Waals surface area contributed by atoms with Crippen LogP contribution in [0.2, 0.25) is 0 Å². The molecular weight excluding hydrogens is 465 g/mol. The molecule has 0 bridgehead atoms. The van der Waals surface area contributed by atoms with Crippen molar-refractivity contribution in [3.63, 3.8) is 0 Å². The molecule has 3 aliphatic heterocycles. The van der Waals surface area contributed by atoms with Crippen molar-refractivity contribution in [2.45, 2.75) is 24.5 Å². The van der Waals surface area contributed by atoms with Gasteiger partial charge in [0.05, 0.1) is 25.8 Å². The quantitative estimate of drug-likeness (QED) is 0.555. The minimum atomic E-state index is -1.13. The number of halogens is 1. The van der Waals surface area contributed by atoms with Gasteiger partial charge in [-0.1, -0.05) is 0 Å². The van der Waals surface area contributed by atoms with Gasteiger partial charge in [-0.15, -0.1) is 0 Å². The minimum absolute atomic E-state index is 0.0304. The molecule has 3 saturated heterocycles. The van der Waals surface area contributed by atoms with Crippen molar-refractivity contribution in [2.75, 3.05) is 63.8 Å². The molecule has 36 heavy (non-hydrogen) atoms. The molecule has 0 saturated carbocycles. The summed E-state index contributed by atoms with van der Waals surface area (Å²) in [7, 11) is 3.74. The summed E-state index contributed by atoms with van der Waals surface area (Å²) in [5, 5.41) is 4.20. The number of hydrogen-bond acceptors (Lipinski definition) is 9. The molecule has 4 heterocycles. The molecule has 1 aromatic heterocycles. The second-order valence-corrected chi connectivity index (χ2v) is 9.47. The Kier molecular flexibility index (Phi) is 6.24.